The van der Waals surface area contributed by atoms with E-state index in [4.69, 9.17) is 11.5 Å². The summed E-state index contributed by atoms with van der Waals surface area (Å²) >= 11 is 0. The van der Waals surface area contributed by atoms with Gasteiger partial charge in [-0.25, -0.2) is 17.6 Å². The minimum Gasteiger partial charge on any atom is -0.354 e. The molecule has 10 heteroatoms. The molecule has 1 aromatic rings. The highest BCUT2D eigenvalue weighted by Gasteiger charge is 2.28. The number of rotatable bonds is 19. The molecule has 0 saturated carbocycles. The third-order valence-corrected chi connectivity index (χ3v) is 7.73. The van der Waals surface area contributed by atoms with Gasteiger partial charge in [0.15, 0.2) is 5.78 Å². The van der Waals surface area contributed by atoms with E-state index in [1.807, 2.05) is 57.2 Å². The summed E-state index contributed by atoms with van der Waals surface area (Å²) in [4.78, 5) is 26.8. The van der Waals surface area contributed by atoms with E-state index in [1.54, 1.807) is 40.0 Å². The highest BCUT2D eigenvalue weighted by Crippen LogP contribution is 2.31. The predicted octanol–water partition coefficient (Wildman–Crippen LogP) is 12.1. The van der Waals surface area contributed by atoms with Crippen molar-refractivity contribution in [2.45, 2.75) is 152 Å². The topological polar surface area (TPSA) is 111 Å². The van der Waals surface area contributed by atoms with Crippen LogP contribution in [0.4, 0.5) is 23.2 Å². The summed E-state index contributed by atoms with van der Waals surface area (Å²) in [6.45, 7) is 23.3. The van der Waals surface area contributed by atoms with Crippen LogP contribution in [0.15, 0.2) is 82.7 Å². The summed E-state index contributed by atoms with van der Waals surface area (Å²) in [5, 5.41) is 3.35. The molecule has 0 amide bonds. The molecule has 302 valence electrons. The number of nitrogens with one attached hydrogen (secondary N) is 1. The Morgan fingerprint density at radius 1 is 1.00 bits per heavy atom. The number of carbonyl (C=O) groups is 2. The number of carbonyl (C=O) groups excluding carboxylic acids is 2. The molecule has 0 aliphatic heterocycles. The second-order valence-corrected chi connectivity index (χ2v) is 12.7. The first kappa shape index (κ1) is 53.7. The lowest BCUT2D eigenvalue weighted by atomic mass is 9.96. The molecular formula is C43H70F4N4O2. The van der Waals surface area contributed by atoms with Crippen LogP contribution in [0, 0.1) is 0 Å². The number of hydrogen-bond acceptors (Lipinski definition) is 6. The van der Waals surface area contributed by atoms with E-state index in [9.17, 15) is 27.2 Å². The number of halogens is 4. The molecular weight excluding hydrogens is 680 g/mol. The van der Waals surface area contributed by atoms with Crippen LogP contribution in [-0.2, 0) is 11.2 Å². The minimum absolute atomic E-state index is 0.0375. The molecule has 0 saturated heterocycles. The van der Waals surface area contributed by atoms with Gasteiger partial charge in [0.1, 0.15) is 5.78 Å². The van der Waals surface area contributed by atoms with Crippen molar-refractivity contribution in [2.24, 2.45) is 16.5 Å². The number of aryl methyl sites for hydroxylation is 1. The van der Waals surface area contributed by atoms with E-state index >= 15 is 0 Å². The molecule has 0 aliphatic rings. The highest BCUT2D eigenvalue weighted by molar-refractivity contribution is 6.01. The zero-order valence-corrected chi connectivity index (χ0v) is 34.5. The number of Topliss-reactive ketones (excluding diaryl/α,β-unsaturated/α-hetero) is 2. The van der Waals surface area contributed by atoms with Crippen LogP contribution in [0.5, 0.6) is 0 Å². The van der Waals surface area contributed by atoms with Crippen molar-refractivity contribution in [1.29, 1.82) is 0 Å². The van der Waals surface area contributed by atoms with Crippen LogP contribution >= 0.6 is 0 Å². The van der Waals surface area contributed by atoms with Crippen LogP contribution in [0.25, 0.3) is 0 Å². The zero-order chi connectivity index (χ0) is 41.6. The van der Waals surface area contributed by atoms with Gasteiger partial charge in [-0.15, -0.1) is 0 Å². The molecule has 0 spiro atoms. The molecule has 0 heterocycles. The normalized spacial score (nSPS) is 12.9. The third kappa shape index (κ3) is 27.6. The van der Waals surface area contributed by atoms with E-state index in [1.165, 1.54) is 19.3 Å². The summed E-state index contributed by atoms with van der Waals surface area (Å²) in [5.41, 5.74) is 15.1. The van der Waals surface area contributed by atoms with Gasteiger partial charge in [-0.2, -0.15) is 0 Å². The summed E-state index contributed by atoms with van der Waals surface area (Å²) in [6.07, 6.45) is 14.9. The van der Waals surface area contributed by atoms with Crippen molar-refractivity contribution in [3.05, 3.63) is 88.8 Å². The van der Waals surface area contributed by atoms with Crippen molar-refractivity contribution in [2.75, 3.05) is 11.9 Å². The third-order valence-electron chi connectivity index (χ3n) is 7.73. The monoisotopic (exact) mass is 751 g/mol. The smallest absolute Gasteiger partial charge is 0.270 e. The van der Waals surface area contributed by atoms with Gasteiger partial charge in [0, 0.05) is 48.8 Å². The van der Waals surface area contributed by atoms with Gasteiger partial charge in [0.2, 0.25) is 6.43 Å². The summed E-state index contributed by atoms with van der Waals surface area (Å²) in [6, 6.07) is 5.93. The van der Waals surface area contributed by atoms with Gasteiger partial charge < -0.3 is 21.6 Å². The number of alkyl halides is 4. The molecule has 6 nitrogen and oxygen atoms in total. The van der Waals surface area contributed by atoms with Crippen molar-refractivity contribution in [3.63, 3.8) is 0 Å². The van der Waals surface area contributed by atoms with Gasteiger partial charge in [-0.3, -0.25) is 9.79 Å². The van der Waals surface area contributed by atoms with E-state index < -0.39 is 12.3 Å². The first-order valence-corrected chi connectivity index (χ1v) is 18.7. The molecule has 0 aliphatic carbocycles. The molecule has 1 atom stereocenters. The van der Waals surface area contributed by atoms with Gasteiger partial charge in [-0.1, -0.05) is 71.8 Å². The fourth-order valence-electron chi connectivity index (χ4n) is 4.41. The van der Waals surface area contributed by atoms with Crippen molar-refractivity contribution in [1.82, 2.24) is 0 Å². The van der Waals surface area contributed by atoms with Gasteiger partial charge >= 0.3 is 0 Å². The molecule has 0 bridgehead atoms. The van der Waals surface area contributed by atoms with E-state index in [0.717, 1.165) is 49.6 Å². The quantitative estimate of drug-likeness (QED) is 0.0564. The van der Waals surface area contributed by atoms with Crippen molar-refractivity contribution in [3.8, 4) is 0 Å². The summed E-state index contributed by atoms with van der Waals surface area (Å²) < 4.78 is 49.3. The van der Waals surface area contributed by atoms with Crippen molar-refractivity contribution < 1.29 is 27.2 Å². The molecule has 0 fully saturated rings. The number of allylic oxidation sites excluding steroid dienone is 8. The Morgan fingerprint density at radius 3 is 1.98 bits per heavy atom. The SMILES string of the molecule is C=C(C(=C\C)/C(C)=C/N=C(C)/C(=C\C=C/C)Nc1ccc(C(C)=O)c(CC)c1)C(C)(F)F.CCC(N)CCCC(C)=O.CCCCC.NCCC(F)F. The standard InChI is InChI=1S/C27H34F2N2O.C8H17NO.C5H12.C3H7F2N/c1-9-12-13-26(31-23-14-15-25(21(7)32)22(10-2)16-23)20(6)30-17-18(4)24(11-3)19(5)27(8,28)29;1-3-8(9)6-4-5-7(2)10;1-3-5-4-2;4-3(5)1-2-6/h9,11-17,31H,5,10H2,1-4,6-8H3;8H,3-6,9H2,1-2H3;3-5H2,1-2H3;3H,1-2,6H2/b12-9-,18-17+,24-11-,26-13+,30-20+;;;. The Kier molecular flexibility index (Phi) is 32.3. The second kappa shape index (κ2) is 31.9. The van der Waals surface area contributed by atoms with Crippen LogP contribution in [0.3, 0.4) is 0 Å². The number of anilines is 1. The second-order valence-electron chi connectivity index (χ2n) is 12.7. The van der Waals surface area contributed by atoms with Crippen LogP contribution in [0.2, 0.25) is 0 Å². The van der Waals surface area contributed by atoms with Crippen LogP contribution in [-0.4, -0.2) is 42.2 Å². The van der Waals surface area contributed by atoms with Crippen LogP contribution in [0.1, 0.15) is 143 Å². The molecule has 1 aromatic carbocycles. The maximum atomic E-state index is 13.7. The Morgan fingerprint density at radius 2 is 1.60 bits per heavy atom. The first-order chi connectivity index (χ1) is 24.8. The number of hydrogen-bond donors (Lipinski definition) is 3. The van der Waals surface area contributed by atoms with Gasteiger partial charge in [0.25, 0.3) is 5.92 Å². The van der Waals surface area contributed by atoms with Gasteiger partial charge in [-0.05, 0) is 115 Å². The fraction of sp³-hybridized carbons (Fsp3) is 0.558. The Hall–Kier alpha value is -3.63. The average molecular weight is 751 g/mol. The van der Waals surface area contributed by atoms with Crippen molar-refractivity contribution >= 4 is 23.0 Å². The summed E-state index contributed by atoms with van der Waals surface area (Å²) in [7, 11) is 0. The fourth-order valence-corrected chi connectivity index (χ4v) is 4.41. The lowest BCUT2D eigenvalue weighted by molar-refractivity contribution is -0.117. The lowest BCUT2D eigenvalue weighted by Gasteiger charge is -2.17. The van der Waals surface area contributed by atoms with Crippen LogP contribution < -0.4 is 16.8 Å². The molecule has 0 radical (unpaired) electrons. The first-order valence-electron chi connectivity index (χ1n) is 18.7. The Bertz CT molecular complexity index is 1350. The maximum absolute atomic E-state index is 13.7. The van der Waals surface area contributed by atoms with E-state index in [0.29, 0.717) is 34.9 Å². The van der Waals surface area contributed by atoms with E-state index in [2.05, 4.69) is 37.7 Å². The largest absolute Gasteiger partial charge is 0.354 e. The molecule has 0 aromatic heterocycles. The minimum atomic E-state index is -3.00. The number of aliphatic imine (C=N–C) groups is 1. The lowest BCUT2D eigenvalue weighted by Crippen LogP contribution is -2.18. The number of ketones is 2. The Balaban J connectivity index is -0.000000961. The molecule has 5 N–H and O–H groups in total. The highest BCUT2D eigenvalue weighted by atomic mass is 19.3. The Labute approximate surface area is 319 Å². The maximum Gasteiger partial charge on any atom is 0.270 e. The molecule has 53 heavy (non-hydrogen) atoms. The predicted molar refractivity (Wildman–Crippen MR) is 220 cm³/mol. The van der Waals surface area contributed by atoms with Gasteiger partial charge in [0.05, 0.1) is 11.4 Å². The van der Waals surface area contributed by atoms with E-state index in [-0.39, 0.29) is 30.1 Å². The molecule has 1 unspecified atom stereocenters. The number of unbranched alkanes of at least 4 members (excludes halogenated alkanes) is 2. The average Bonchev–Trinajstić information content (AvgIpc) is 3.09. The zero-order valence-electron chi connectivity index (χ0n) is 34.5. The number of nitrogens with two attached hydrogens (primary N) is 2. The number of nitrogens with zero attached hydrogens (tertiary/aromatic N) is 1. The number of benzene rings is 1. The summed E-state index contributed by atoms with van der Waals surface area (Å²) in [5.74, 6) is -2.70. The molecule has 1 rings (SSSR count).